The highest BCUT2D eigenvalue weighted by molar-refractivity contribution is 6.10. The van der Waals surface area contributed by atoms with Gasteiger partial charge >= 0.3 is 0 Å². The van der Waals surface area contributed by atoms with Crippen LogP contribution in [0.2, 0.25) is 0 Å². The van der Waals surface area contributed by atoms with E-state index in [9.17, 15) is 9.59 Å². The van der Waals surface area contributed by atoms with Gasteiger partial charge in [0.15, 0.2) is 5.78 Å². The van der Waals surface area contributed by atoms with Crippen LogP contribution < -0.4 is 10.6 Å². The Balaban J connectivity index is 2.09. The fraction of sp³-hybridized carbons (Fsp3) is 0. The second kappa shape index (κ2) is 4.04. The van der Waals surface area contributed by atoms with Crippen molar-refractivity contribution < 1.29 is 9.59 Å². The van der Waals surface area contributed by atoms with Crippen molar-refractivity contribution in [2.24, 2.45) is 4.99 Å². The van der Waals surface area contributed by atoms with E-state index < -0.39 is 0 Å². The van der Waals surface area contributed by atoms with E-state index >= 15 is 0 Å². The quantitative estimate of drug-likeness (QED) is 0.725. The molecule has 0 atom stereocenters. The molecule has 0 N–H and O–H groups in total. The van der Waals surface area contributed by atoms with E-state index in [-0.39, 0.29) is 11.7 Å². The standard InChI is InChI=1S/C15H9NO2/c17-14-9-12-8-11(6-7-13(12)16-14)15(18)10-4-2-1-3-5-10/h1-9H. The number of benzene rings is 2. The maximum atomic E-state index is 12.2. The SMILES string of the molecule is O=C1C=c2cc(C(=O)c3ccccc3)ccc2=N1. The third-order valence-corrected chi connectivity index (χ3v) is 2.84. The molecule has 0 radical (unpaired) electrons. The zero-order valence-electron chi connectivity index (χ0n) is 9.46. The van der Waals surface area contributed by atoms with Gasteiger partial charge in [0.25, 0.3) is 5.91 Å². The van der Waals surface area contributed by atoms with Crippen molar-refractivity contribution in [2.75, 3.05) is 0 Å². The van der Waals surface area contributed by atoms with E-state index in [0.29, 0.717) is 21.7 Å². The number of nitrogens with zero attached hydrogens (tertiary/aromatic N) is 1. The summed E-state index contributed by atoms with van der Waals surface area (Å²) in [6.07, 6.45) is 1.44. The molecule has 2 aromatic rings. The van der Waals surface area contributed by atoms with Gasteiger partial charge in [-0.3, -0.25) is 9.59 Å². The Morgan fingerprint density at radius 2 is 1.72 bits per heavy atom. The molecule has 18 heavy (non-hydrogen) atoms. The van der Waals surface area contributed by atoms with Crippen LogP contribution in [0.1, 0.15) is 15.9 Å². The molecule has 1 aliphatic heterocycles. The number of amides is 1. The number of hydrogen-bond acceptors (Lipinski definition) is 2. The molecule has 3 rings (SSSR count). The largest absolute Gasteiger partial charge is 0.289 e. The topological polar surface area (TPSA) is 46.5 Å². The first-order valence-electron chi connectivity index (χ1n) is 5.58. The molecule has 0 aromatic heterocycles. The molecule has 1 amide bonds. The Morgan fingerprint density at radius 3 is 2.50 bits per heavy atom. The Morgan fingerprint density at radius 1 is 0.944 bits per heavy atom. The lowest BCUT2D eigenvalue weighted by molar-refractivity contribution is -0.112. The molecule has 1 aliphatic rings. The van der Waals surface area contributed by atoms with Gasteiger partial charge in [0, 0.05) is 22.4 Å². The van der Waals surface area contributed by atoms with Gasteiger partial charge in [0.1, 0.15) is 0 Å². The van der Waals surface area contributed by atoms with Crippen molar-refractivity contribution in [2.45, 2.75) is 0 Å². The second-order valence-corrected chi connectivity index (χ2v) is 4.06. The van der Waals surface area contributed by atoms with Crippen molar-refractivity contribution in [3.63, 3.8) is 0 Å². The first kappa shape index (κ1) is 10.6. The summed E-state index contributed by atoms with van der Waals surface area (Å²) in [5.41, 5.74) is 1.21. The van der Waals surface area contributed by atoms with Gasteiger partial charge in [0.05, 0.1) is 5.36 Å². The van der Waals surface area contributed by atoms with Gasteiger partial charge in [-0.2, -0.15) is 0 Å². The number of fused-ring (bicyclic) bond motifs is 1. The summed E-state index contributed by atoms with van der Waals surface area (Å²) >= 11 is 0. The van der Waals surface area contributed by atoms with Crippen LogP contribution >= 0.6 is 0 Å². The molecule has 86 valence electrons. The molecular weight excluding hydrogens is 226 g/mol. The van der Waals surface area contributed by atoms with E-state index in [2.05, 4.69) is 4.99 Å². The van der Waals surface area contributed by atoms with Crippen molar-refractivity contribution in [3.05, 3.63) is 70.2 Å². The van der Waals surface area contributed by atoms with Crippen molar-refractivity contribution in [1.82, 2.24) is 0 Å². The second-order valence-electron chi connectivity index (χ2n) is 4.06. The minimum Gasteiger partial charge on any atom is -0.289 e. The summed E-state index contributed by atoms with van der Waals surface area (Å²) in [6, 6.07) is 14.2. The fourth-order valence-electron chi connectivity index (χ4n) is 1.95. The summed E-state index contributed by atoms with van der Waals surface area (Å²) < 4.78 is 0. The first-order valence-corrected chi connectivity index (χ1v) is 5.58. The highest BCUT2D eigenvalue weighted by Crippen LogP contribution is 2.07. The van der Waals surface area contributed by atoms with Gasteiger partial charge in [-0.15, -0.1) is 0 Å². The van der Waals surface area contributed by atoms with Crippen molar-refractivity contribution in [3.8, 4) is 0 Å². The monoisotopic (exact) mass is 235 g/mol. The summed E-state index contributed by atoms with van der Waals surface area (Å²) in [5.74, 6) is -0.319. The van der Waals surface area contributed by atoms with Crippen molar-refractivity contribution in [1.29, 1.82) is 0 Å². The highest BCUT2D eigenvalue weighted by Gasteiger charge is 2.10. The molecular formula is C15H9NO2. The molecule has 0 saturated carbocycles. The molecule has 0 bridgehead atoms. The molecule has 1 heterocycles. The maximum absolute atomic E-state index is 12.2. The van der Waals surface area contributed by atoms with Crippen molar-refractivity contribution >= 4 is 17.8 Å². The zero-order chi connectivity index (χ0) is 12.5. The minimum atomic E-state index is -0.269. The van der Waals surface area contributed by atoms with Gasteiger partial charge in [-0.05, 0) is 18.2 Å². The predicted molar refractivity (Wildman–Crippen MR) is 66.6 cm³/mol. The Kier molecular flexibility index (Phi) is 2.38. The number of carbonyl (C=O) groups excluding carboxylic acids is 2. The highest BCUT2D eigenvalue weighted by atomic mass is 16.1. The van der Waals surface area contributed by atoms with Gasteiger partial charge in [0.2, 0.25) is 0 Å². The summed E-state index contributed by atoms with van der Waals surface area (Å²) in [5, 5.41) is 1.34. The number of carbonyl (C=O) groups is 2. The fourth-order valence-corrected chi connectivity index (χ4v) is 1.95. The number of hydrogen-bond donors (Lipinski definition) is 0. The molecule has 0 unspecified atom stereocenters. The lowest BCUT2D eigenvalue weighted by atomic mass is 10.0. The number of ketones is 1. The smallest absolute Gasteiger partial charge is 0.270 e. The molecule has 0 aliphatic carbocycles. The average molecular weight is 235 g/mol. The van der Waals surface area contributed by atoms with Gasteiger partial charge in [-0.1, -0.05) is 30.3 Å². The molecule has 3 heteroatoms. The van der Waals surface area contributed by atoms with E-state index in [1.165, 1.54) is 6.08 Å². The Hall–Kier alpha value is -2.55. The molecule has 0 saturated heterocycles. The van der Waals surface area contributed by atoms with Crippen LogP contribution in [0.5, 0.6) is 0 Å². The summed E-state index contributed by atoms with van der Waals surface area (Å²) in [4.78, 5) is 27.2. The third kappa shape index (κ3) is 1.76. The molecule has 0 fully saturated rings. The minimum absolute atomic E-state index is 0.0499. The van der Waals surface area contributed by atoms with Gasteiger partial charge in [-0.25, -0.2) is 4.99 Å². The van der Waals surface area contributed by atoms with Crippen LogP contribution in [0.25, 0.3) is 6.08 Å². The lowest BCUT2D eigenvalue weighted by Crippen LogP contribution is -2.22. The van der Waals surface area contributed by atoms with E-state index in [1.807, 2.05) is 18.2 Å². The normalized spacial score (nSPS) is 12.6. The summed E-state index contributed by atoms with van der Waals surface area (Å²) in [7, 11) is 0. The molecule has 3 nitrogen and oxygen atoms in total. The van der Waals surface area contributed by atoms with E-state index in [4.69, 9.17) is 0 Å². The molecule has 2 aromatic carbocycles. The molecule has 0 spiro atoms. The zero-order valence-corrected chi connectivity index (χ0v) is 9.46. The van der Waals surface area contributed by atoms with E-state index in [1.54, 1.807) is 30.3 Å². The van der Waals surface area contributed by atoms with E-state index in [0.717, 1.165) is 0 Å². The Bertz CT molecular complexity index is 761. The average Bonchev–Trinajstić information content (AvgIpc) is 2.78. The third-order valence-electron chi connectivity index (χ3n) is 2.84. The van der Waals surface area contributed by atoms with Crippen LogP contribution in [0.3, 0.4) is 0 Å². The van der Waals surface area contributed by atoms with Crippen LogP contribution in [0, 0.1) is 0 Å². The first-order chi connectivity index (χ1) is 8.74. The number of rotatable bonds is 2. The van der Waals surface area contributed by atoms with Crippen LogP contribution in [-0.2, 0) is 4.79 Å². The lowest BCUT2D eigenvalue weighted by Gasteiger charge is -2.00. The summed E-state index contributed by atoms with van der Waals surface area (Å²) in [6.45, 7) is 0. The van der Waals surface area contributed by atoms with Crippen LogP contribution in [0.4, 0.5) is 0 Å². The Labute approximate surface area is 103 Å². The van der Waals surface area contributed by atoms with Crippen LogP contribution in [-0.4, -0.2) is 11.7 Å². The maximum Gasteiger partial charge on any atom is 0.270 e. The van der Waals surface area contributed by atoms with Crippen LogP contribution in [0.15, 0.2) is 53.5 Å². The predicted octanol–water partition coefficient (Wildman–Crippen LogP) is 0.858. The van der Waals surface area contributed by atoms with Gasteiger partial charge < -0.3 is 0 Å².